The second kappa shape index (κ2) is 6.18. The van der Waals surface area contributed by atoms with Gasteiger partial charge in [-0.25, -0.2) is 0 Å². The zero-order chi connectivity index (χ0) is 13.0. The molecule has 0 spiro atoms. The Morgan fingerprint density at radius 3 is 2.78 bits per heavy atom. The summed E-state index contributed by atoms with van der Waals surface area (Å²) in [6.07, 6.45) is 2.41. The van der Waals surface area contributed by atoms with Gasteiger partial charge in [0.15, 0.2) is 0 Å². The quantitative estimate of drug-likeness (QED) is 0.917. The highest BCUT2D eigenvalue weighted by Gasteiger charge is 2.31. The first kappa shape index (κ1) is 14.0. The number of halogens is 1. The number of hydrogen-bond donors (Lipinski definition) is 1. The summed E-state index contributed by atoms with van der Waals surface area (Å²) in [6, 6.07) is 8.64. The molecule has 1 aliphatic rings. The second-order valence-electron chi connectivity index (χ2n) is 5.25. The van der Waals surface area contributed by atoms with Crippen molar-refractivity contribution in [1.29, 1.82) is 0 Å². The van der Waals surface area contributed by atoms with Gasteiger partial charge in [-0.2, -0.15) is 0 Å². The SMILES string of the molecule is CCC1(CC)CN(Cc2cccc(Br)c2)CCN1. The Bertz CT molecular complexity index is 388. The van der Waals surface area contributed by atoms with Crippen LogP contribution >= 0.6 is 15.9 Å². The first-order chi connectivity index (χ1) is 8.67. The largest absolute Gasteiger partial charge is 0.309 e. The minimum absolute atomic E-state index is 0.324. The molecule has 0 saturated carbocycles. The fourth-order valence-corrected chi connectivity index (χ4v) is 3.24. The number of rotatable bonds is 4. The van der Waals surface area contributed by atoms with Crippen LogP contribution in [-0.4, -0.2) is 30.1 Å². The van der Waals surface area contributed by atoms with Crippen LogP contribution in [0, 0.1) is 0 Å². The highest BCUT2D eigenvalue weighted by molar-refractivity contribution is 9.10. The number of piperazine rings is 1. The molecular weight excluding hydrogens is 288 g/mol. The Hall–Kier alpha value is -0.380. The molecule has 2 nitrogen and oxygen atoms in total. The smallest absolute Gasteiger partial charge is 0.0304 e. The van der Waals surface area contributed by atoms with Crippen LogP contribution in [0.15, 0.2) is 28.7 Å². The molecule has 1 fully saturated rings. The average molecular weight is 311 g/mol. The van der Waals surface area contributed by atoms with E-state index in [0.717, 1.165) is 26.2 Å². The summed E-state index contributed by atoms with van der Waals surface area (Å²) in [5.74, 6) is 0. The van der Waals surface area contributed by atoms with Gasteiger partial charge in [0.2, 0.25) is 0 Å². The first-order valence-corrected chi connectivity index (χ1v) is 7.68. The van der Waals surface area contributed by atoms with Crippen LogP contribution in [0.25, 0.3) is 0 Å². The standard InChI is InChI=1S/C15H23BrN2/c1-3-15(4-2)12-18(9-8-17-15)11-13-6-5-7-14(16)10-13/h5-7,10,17H,3-4,8-9,11-12H2,1-2H3. The first-order valence-electron chi connectivity index (χ1n) is 6.89. The van der Waals surface area contributed by atoms with E-state index >= 15 is 0 Å². The Kier molecular flexibility index (Phi) is 4.82. The van der Waals surface area contributed by atoms with E-state index < -0.39 is 0 Å². The predicted molar refractivity (Wildman–Crippen MR) is 80.7 cm³/mol. The highest BCUT2D eigenvalue weighted by atomic mass is 79.9. The Labute approximate surface area is 119 Å². The minimum atomic E-state index is 0.324. The lowest BCUT2D eigenvalue weighted by Gasteiger charge is -2.43. The molecule has 1 aromatic rings. The van der Waals surface area contributed by atoms with Crippen molar-refractivity contribution in [2.75, 3.05) is 19.6 Å². The van der Waals surface area contributed by atoms with Gasteiger partial charge in [-0.1, -0.05) is 41.9 Å². The molecule has 0 radical (unpaired) electrons. The summed E-state index contributed by atoms with van der Waals surface area (Å²) in [4.78, 5) is 2.57. The summed E-state index contributed by atoms with van der Waals surface area (Å²) in [7, 11) is 0. The van der Waals surface area contributed by atoms with Crippen LogP contribution in [0.5, 0.6) is 0 Å². The van der Waals surface area contributed by atoms with Crippen LogP contribution in [0.1, 0.15) is 32.3 Å². The third kappa shape index (κ3) is 3.34. The third-order valence-electron chi connectivity index (χ3n) is 4.10. The van der Waals surface area contributed by atoms with E-state index in [1.807, 2.05) is 0 Å². The summed E-state index contributed by atoms with van der Waals surface area (Å²) in [5, 5.41) is 3.71. The van der Waals surface area contributed by atoms with Gasteiger partial charge in [0.25, 0.3) is 0 Å². The van der Waals surface area contributed by atoms with Gasteiger partial charge in [-0.3, -0.25) is 4.90 Å². The Morgan fingerprint density at radius 1 is 1.33 bits per heavy atom. The molecule has 0 unspecified atom stereocenters. The Balaban J connectivity index is 2.01. The molecular formula is C15H23BrN2. The average Bonchev–Trinajstić information content (AvgIpc) is 2.39. The monoisotopic (exact) mass is 310 g/mol. The van der Waals surface area contributed by atoms with Gasteiger partial charge in [-0.15, -0.1) is 0 Å². The maximum atomic E-state index is 3.71. The molecule has 0 aromatic heterocycles. The molecule has 1 aromatic carbocycles. The third-order valence-corrected chi connectivity index (χ3v) is 4.60. The van der Waals surface area contributed by atoms with Gasteiger partial charge in [0.05, 0.1) is 0 Å². The minimum Gasteiger partial charge on any atom is -0.309 e. The van der Waals surface area contributed by atoms with Crippen molar-refractivity contribution < 1.29 is 0 Å². The second-order valence-corrected chi connectivity index (χ2v) is 6.17. The van der Waals surface area contributed by atoms with Crippen molar-refractivity contribution in [2.45, 2.75) is 38.8 Å². The van der Waals surface area contributed by atoms with E-state index in [2.05, 4.69) is 64.3 Å². The zero-order valence-electron chi connectivity index (χ0n) is 11.4. The van der Waals surface area contributed by atoms with Crippen molar-refractivity contribution in [1.82, 2.24) is 10.2 Å². The maximum Gasteiger partial charge on any atom is 0.0304 e. The summed E-state index contributed by atoms with van der Waals surface area (Å²) in [5.41, 5.74) is 1.72. The molecule has 0 bridgehead atoms. The fourth-order valence-electron chi connectivity index (χ4n) is 2.79. The molecule has 1 aliphatic heterocycles. The van der Waals surface area contributed by atoms with Crippen LogP contribution in [0.3, 0.4) is 0 Å². The topological polar surface area (TPSA) is 15.3 Å². The number of nitrogens with zero attached hydrogens (tertiary/aromatic N) is 1. The lowest BCUT2D eigenvalue weighted by atomic mass is 9.90. The molecule has 1 saturated heterocycles. The van der Waals surface area contributed by atoms with Crippen molar-refractivity contribution in [3.63, 3.8) is 0 Å². The lowest BCUT2D eigenvalue weighted by molar-refractivity contribution is 0.118. The molecule has 3 heteroatoms. The fraction of sp³-hybridized carbons (Fsp3) is 0.600. The number of hydrogen-bond acceptors (Lipinski definition) is 2. The highest BCUT2D eigenvalue weighted by Crippen LogP contribution is 2.22. The predicted octanol–water partition coefficient (Wildman–Crippen LogP) is 3.41. The van der Waals surface area contributed by atoms with Gasteiger partial charge < -0.3 is 5.32 Å². The normalized spacial score (nSPS) is 19.9. The molecule has 100 valence electrons. The molecule has 2 rings (SSSR count). The number of nitrogens with one attached hydrogen (secondary N) is 1. The van der Waals surface area contributed by atoms with Gasteiger partial charge >= 0.3 is 0 Å². The molecule has 18 heavy (non-hydrogen) atoms. The Morgan fingerprint density at radius 2 is 2.11 bits per heavy atom. The van der Waals surface area contributed by atoms with Crippen LogP contribution in [-0.2, 0) is 6.54 Å². The molecule has 1 N–H and O–H groups in total. The van der Waals surface area contributed by atoms with Crippen molar-refractivity contribution >= 4 is 15.9 Å². The molecule has 1 heterocycles. The van der Waals surface area contributed by atoms with Crippen LogP contribution < -0.4 is 5.32 Å². The molecule has 0 atom stereocenters. The van der Waals surface area contributed by atoms with Gasteiger partial charge in [-0.05, 0) is 30.5 Å². The van der Waals surface area contributed by atoms with Crippen LogP contribution in [0.2, 0.25) is 0 Å². The van der Waals surface area contributed by atoms with Crippen molar-refractivity contribution in [3.05, 3.63) is 34.3 Å². The zero-order valence-corrected chi connectivity index (χ0v) is 13.0. The molecule has 0 aliphatic carbocycles. The van der Waals surface area contributed by atoms with E-state index in [-0.39, 0.29) is 0 Å². The lowest BCUT2D eigenvalue weighted by Crippen LogP contribution is -2.59. The summed E-state index contributed by atoms with van der Waals surface area (Å²) in [6.45, 7) is 9.05. The van der Waals surface area contributed by atoms with E-state index in [1.54, 1.807) is 0 Å². The summed E-state index contributed by atoms with van der Waals surface area (Å²) >= 11 is 3.55. The van der Waals surface area contributed by atoms with Crippen molar-refractivity contribution in [2.24, 2.45) is 0 Å². The van der Waals surface area contributed by atoms with E-state index in [1.165, 1.54) is 22.9 Å². The van der Waals surface area contributed by atoms with Crippen molar-refractivity contribution in [3.8, 4) is 0 Å². The van der Waals surface area contributed by atoms with Gasteiger partial charge in [0, 0.05) is 36.2 Å². The van der Waals surface area contributed by atoms with E-state index in [4.69, 9.17) is 0 Å². The van der Waals surface area contributed by atoms with Crippen LogP contribution in [0.4, 0.5) is 0 Å². The van der Waals surface area contributed by atoms with E-state index in [0.29, 0.717) is 5.54 Å². The maximum absolute atomic E-state index is 3.71. The summed E-state index contributed by atoms with van der Waals surface area (Å²) < 4.78 is 1.17. The molecule has 0 amide bonds. The number of benzene rings is 1. The van der Waals surface area contributed by atoms with E-state index in [9.17, 15) is 0 Å². The van der Waals surface area contributed by atoms with Gasteiger partial charge in [0.1, 0.15) is 0 Å².